The molecule has 0 bridgehead atoms. The minimum absolute atomic E-state index is 0.0375. The standard InChI is InChI=1S/C16H20N2O3/c19-15(18-7-3-6-13(10-18)16(20)21)14-8-11-4-1-2-5-12(11)9-17-14/h1-2,4-5,13-14,17H,3,6-10H2,(H,20,21)/t13-,14-/m0/s1. The first-order chi connectivity index (χ1) is 10.1. The number of aliphatic carboxylic acids is 1. The van der Waals surface area contributed by atoms with Gasteiger partial charge in [-0.15, -0.1) is 0 Å². The number of amides is 1. The van der Waals surface area contributed by atoms with Crippen LogP contribution in [0.1, 0.15) is 24.0 Å². The number of hydrogen-bond donors (Lipinski definition) is 2. The van der Waals surface area contributed by atoms with Gasteiger partial charge < -0.3 is 15.3 Å². The molecule has 0 aliphatic carbocycles. The van der Waals surface area contributed by atoms with E-state index < -0.39 is 11.9 Å². The molecule has 2 aliphatic heterocycles. The SMILES string of the molecule is O=C(O)[C@H]1CCCN(C(=O)[C@@H]2Cc3ccccc3CN2)C1. The number of piperidine rings is 1. The van der Waals surface area contributed by atoms with E-state index in [1.165, 1.54) is 11.1 Å². The Balaban J connectivity index is 1.67. The van der Waals surface area contributed by atoms with Gasteiger partial charge in [0.25, 0.3) is 0 Å². The van der Waals surface area contributed by atoms with Gasteiger partial charge in [-0.05, 0) is 30.4 Å². The van der Waals surface area contributed by atoms with Gasteiger partial charge in [-0.3, -0.25) is 9.59 Å². The lowest BCUT2D eigenvalue weighted by molar-refractivity contribution is -0.146. The van der Waals surface area contributed by atoms with Gasteiger partial charge in [0.2, 0.25) is 5.91 Å². The van der Waals surface area contributed by atoms with Gasteiger partial charge in [-0.25, -0.2) is 0 Å². The summed E-state index contributed by atoms with van der Waals surface area (Å²) in [6.45, 7) is 1.71. The molecule has 1 amide bonds. The number of likely N-dealkylation sites (tertiary alicyclic amines) is 1. The predicted octanol–water partition coefficient (Wildman–Crippen LogP) is 1.02. The van der Waals surface area contributed by atoms with Gasteiger partial charge >= 0.3 is 5.97 Å². The Bertz CT molecular complexity index is 558. The van der Waals surface area contributed by atoms with Crippen molar-refractivity contribution < 1.29 is 14.7 Å². The number of hydrogen-bond acceptors (Lipinski definition) is 3. The molecule has 2 N–H and O–H groups in total. The van der Waals surface area contributed by atoms with Gasteiger partial charge in [-0.2, -0.15) is 0 Å². The average Bonchev–Trinajstić information content (AvgIpc) is 2.53. The van der Waals surface area contributed by atoms with Crippen molar-refractivity contribution in [3.05, 3.63) is 35.4 Å². The summed E-state index contributed by atoms with van der Waals surface area (Å²) >= 11 is 0. The molecule has 5 heteroatoms. The number of rotatable bonds is 2. The van der Waals surface area contributed by atoms with Gasteiger partial charge in [0.1, 0.15) is 0 Å². The third kappa shape index (κ3) is 2.93. The van der Waals surface area contributed by atoms with E-state index in [2.05, 4.69) is 17.4 Å². The van der Waals surface area contributed by atoms with Gasteiger partial charge in [0, 0.05) is 19.6 Å². The van der Waals surface area contributed by atoms with Crippen molar-refractivity contribution in [2.24, 2.45) is 5.92 Å². The van der Waals surface area contributed by atoms with E-state index in [-0.39, 0.29) is 11.9 Å². The molecule has 1 aromatic rings. The maximum absolute atomic E-state index is 12.6. The number of carbonyl (C=O) groups excluding carboxylic acids is 1. The Labute approximate surface area is 123 Å². The molecule has 0 radical (unpaired) electrons. The fourth-order valence-electron chi connectivity index (χ4n) is 3.23. The van der Waals surface area contributed by atoms with Crippen LogP contribution in [0.2, 0.25) is 0 Å². The van der Waals surface area contributed by atoms with E-state index in [1.54, 1.807) is 4.90 Å². The number of carboxylic acid groups (broad SMARTS) is 1. The maximum Gasteiger partial charge on any atom is 0.308 e. The van der Waals surface area contributed by atoms with Gasteiger partial charge in [0.15, 0.2) is 0 Å². The molecule has 0 spiro atoms. The predicted molar refractivity (Wildman–Crippen MR) is 77.7 cm³/mol. The van der Waals surface area contributed by atoms with Crippen molar-refractivity contribution in [3.8, 4) is 0 Å². The highest BCUT2D eigenvalue weighted by Crippen LogP contribution is 2.21. The number of carboxylic acids is 1. The zero-order chi connectivity index (χ0) is 14.8. The summed E-state index contributed by atoms with van der Waals surface area (Å²) in [6, 6.07) is 7.90. The Morgan fingerprint density at radius 3 is 2.76 bits per heavy atom. The van der Waals surface area contributed by atoms with Gasteiger partial charge in [0.05, 0.1) is 12.0 Å². The molecule has 2 heterocycles. The molecular formula is C16H20N2O3. The Kier molecular flexibility index (Phi) is 3.92. The molecule has 112 valence electrons. The van der Waals surface area contributed by atoms with Crippen LogP contribution in [0.3, 0.4) is 0 Å². The number of fused-ring (bicyclic) bond motifs is 1. The molecule has 2 atom stereocenters. The molecule has 5 nitrogen and oxygen atoms in total. The smallest absolute Gasteiger partial charge is 0.308 e. The molecule has 0 aromatic heterocycles. The fourth-order valence-corrected chi connectivity index (χ4v) is 3.23. The lowest BCUT2D eigenvalue weighted by Crippen LogP contribution is -2.52. The van der Waals surface area contributed by atoms with Crippen LogP contribution >= 0.6 is 0 Å². The topological polar surface area (TPSA) is 69.6 Å². The van der Waals surface area contributed by atoms with Crippen LogP contribution in [-0.2, 0) is 22.6 Å². The Morgan fingerprint density at radius 1 is 1.24 bits per heavy atom. The molecule has 1 aromatic carbocycles. The highest BCUT2D eigenvalue weighted by Gasteiger charge is 2.33. The van der Waals surface area contributed by atoms with E-state index in [0.717, 1.165) is 6.42 Å². The molecule has 2 aliphatic rings. The quantitative estimate of drug-likeness (QED) is 0.852. The first-order valence-electron chi connectivity index (χ1n) is 7.47. The molecule has 21 heavy (non-hydrogen) atoms. The lowest BCUT2D eigenvalue weighted by Gasteiger charge is -2.35. The molecule has 1 fully saturated rings. The molecule has 1 saturated heterocycles. The van der Waals surface area contributed by atoms with Crippen molar-refractivity contribution in [2.45, 2.75) is 31.8 Å². The minimum atomic E-state index is -0.797. The number of benzene rings is 1. The fraction of sp³-hybridized carbons (Fsp3) is 0.500. The number of carbonyl (C=O) groups is 2. The van der Waals surface area contributed by atoms with Crippen molar-refractivity contribution in [1.29, 1.82) is 0 Å². The second kappa shape index (κ2) is 5.85. The first kappa shape index (κ1) is 14.1. The van der Waals surface area contributed by atoms with E-state index in [4.69, 9.17) is 5.11 Å². The van der Waals surface area contributed by atoms with Crippen molar-refractivity contribution in [1.82, 2.24) is 10.2 Å². The van der Waals surface area contributed by atoms with Crippen LogP contribution in [0.4, 0.5) is 0 Å². The van der Waals surface area contributed by atoms with Crippen LogP contribution in [0.5, 0.6) is 0 Å². The van der Waals surface area contributed by atoms with Crippen molar-refractivity contribution >= 4 is 11.9 Å². The van der Waals surface area contributed by atoms with E-state index in [9.17, 15) is 9.59 Å². The zero-order valence-corrected chi connectivity index (χ0v) is 11.9. The summed E-state index contributed by atoms with van der Waals surface area (Å²) in [5.41, 5.74) is 2.45. The van der Waals surface area contributed by atoms with Crippen LogP contribution in [0, 0.1) is 5.92 Å². The summed E-state index contributed by atoms with van der Waals surface area (Å²) in [5, 5.41) is 12.4. The third-order valence-electron chi connectivity index (χ3n) is 4.46. The molecular weight excluding hydrogens is 268 g/mol. The maximum atomic E-state index is 12.6. The van der Waals surface area contributed by atoms with Crippen LogP contribution in [0.25, 0.3) is 0 Å². The number of nitrogens with one attached hydrogen (secondary N) is 1. The van der Waals surface area contributed by atoms with Gasteiger partial charge in [-0.1, -0.05) is 24.3 Å². The van der Waals surface area contributed by atoms with E-state index >= 15 is 0 Å². The molecule has 0 unspecified atom stereocenters. The van der Waals surface area contributed by atoms with E-state index in [1.807, 2.05) is 12.1 Å². The Morgan fingerprint density at radius 2 is 2.00 bits per heavy atom. The first-order valence-corrected chi connectivity index (χ1v) is 7.47. The van der Waals surface area contributed by atoms with Crippen LogP contribution < -0.4 is 5.32 Å². The van der Waals surface area contributed by atoms with Crippen LogP contribution in [-0.4, -0.2) is 41.0 Å². The molecule has 0 saturated carbocycles. The average molecular weight is 288 g/mol. The second-order valence-corrected chi connectivity index (χ2v) is 5.87. The lowest BCUT2D eigenvalue weighted by atomic mass is 9.93. The molecule has 3 rings (SSSR count). The monoisotopic (exact) mass is 288 g/mol. The highest BCUT2D eigenvalue weighted by molar-refractivity contribution is 5.83. The summed E-state index contributed by atoms with van der Waals surface area (Å²) < 4.78 is 0. The third-order valence-corrected chi connectivity index (χ3v) is 4.46. The van der Waals surface area contributed by atoms with E-state index in [0.29, 0.717) is 32.5 Å². The highest BCUT2D eigenvalue weighted by atomic mass is 16.4. The largest absolute Gasteiger partial charge is 0.481 e. The zero-order valence-electron chi connectivity index (χ0n) is 11.9. The summed E-state index contributed by atoms with van der Waals surface area (Å²) in [4.78, 5) is 25.4. The second-order valence-electron chi connectivity index (χ2n) is 5.87. The van der Waals surface area contributed by atoms with Crippen LogP contribution in [0.15, 0.2) is 24.3 Å². The summed E-state index contributed by atoms with van der Waals surface area (Å²) in [5.74, 6) is -1.18. The summed E-state index contributed by atoms with van der Waals surface area (Å²) in [6.07, 6.45) is 2.12. The van der Waals surface area contributed by atoms with Crippen molar-refractivity contribution in [2.75, 3.05) is 13.1 Å². The normalized spacial score (nSPS) is 25.2. The Hall–Kier alpha value is -1.88. The van der Waals surface area contributed by atoms with Crippen molar-refractivity contribution in [3.63, 3.8) is 0 Å². The minimum Gasteiger partial charge on any atom is -0.481 e. The number of nitrogens with zero attached hydrogens (tertiary/aromatic N) is 1. The summed E-state index contributed by atoms with van der Waals surface area (Å²) in [7, 11) is 0.